The van der Waals surface area contributed by atoms with Crippen LogP contribution in [0.25, 0.3) is 0 Å². The molecular formula is C14H22N2O. The molecule has 1 fully saturated rings. The standard InChI is InChI=1S/C14H22N2O/c1-14(15,16-8-3-2-4-9-16)11-12-6-5-7-13(17)10-12/h5-7,10,17H,2-4,8-9,11,15H2,1H3. The van der Waals surface area contributed by atoms with Gasteiger partial charge in [-0.3, -0.25) is 4.90 Å². The van der Waals surface area contributed by atoms with Gasteiger partial charge in [-0.2, -0.15) is 0 Å². The lowest BCUT2D eigenvalue weighted by Gasteiger charge is -2.40. The second kappa shape index (κ2) is 5.07. The van der Waals surface area contributed by atoms with Gasteiger partial charge in [0.2, 0.25) is 0 Å². The Kier molecular flexibility index (Phi) is 3.69. The van der Waals surface area contributed by atoms with Crippen LogP contribution in [0.3, 0.4) is 0 Å². The predicted octanol–water partition coefficient (Wildman–Crippen LogP) is 2.10. The highest BCUT2D eigenvalue weighted by molar-refractivity contribution is 5.28. The molecule has 1 aromatic rings. The SMILES string of the molecule is CC(N)(Cc1cccc(O)c1)N1CCCCC1. The third kappa shape index (κ3) is 3.20. The van der Waals surface area contributed by atoms with Gasteiger partial charge >= 0.3 is 0 Å². The van der Waals surface area contributed by atoms with Gasteiger partial charge in [0.15, 0.2) is 0 Å². The van der Waals surface area contributed by atoms with E-state index in [4.69, 9.17) is 5.73 Å². The van der Waals surface area contributed by atoms with E-state index in [2.05, 4.69) is 11.8 Å². The number of aromatic hydroxyl groups is 1. The van der Waals surface area contributed by atoms with Crippen LogP contribution in [0.5, 0.6) is 5.75 Å². The number of nitrogens with two attached hydrogens (primary N) is 1. The van der Waals surface area contributed by atoms with Gasteiger partial charge in [-0.15, -0.1) is 0 Å². The van der Waals surface area contributed by atoms with Crippen molar-refractivity contribution >= 4 is 0 Å². The summed E-state index contributed by atoms with van der Waals surface area (Å²) in [6, 6.07) is 7.39. The maximum absolute atomic E-state index is 9.47. The summed E-state index contributed by atoms with van der Waals surface area (Å²) in [5.41, 5.74) is 7.20. The Morgan fingerprint density at radius 3 is 2.65 bits per heavy atom. The molecule has 0 radical (unpaired) electrons. The number of piperidine rings is 1. The van der Waals surface area contributed by atoms with Crippen LogP contribution in [0.15, 0.2) is 24.3 Å². The molecule has 1 unspecified atom stereocenters. The van der Waals surface area contributed by atoms with Crippen molar-refractivity contribution < 1.29 is 5.11 Å². The Hall–Kier alpha value is -1.06. The molecule has 0 aliphatic carbocycles. The van der Waals surface area contributed by atoms with E-state index in [1.807, 2.05) is 12.1 Å². The first-order valence-corrected chi connectivity index (χ1v) is 6.40. The summed E-state index contributed by atoms with van der Waals surface area (Å²) in [4.78, 5) is 2.36. The molecule has 1 aliphatic heterocycles. The molecule has 1 aliphatic rings. The number of benzene rings is 1. The van der Waals surface area contributed by atoms with Crippen LogP contribution in [-0.4, -0.2) is 28.8 Å². The number of nitrogens with zero attached hydrogens (tertiary/aromatic N) is 1. The first-order chi connectivity index (χ1) is 8.08. The van der Waals surface area contributed by atoms with Crippen LogP contribution in [0.4, 0.5) is 0 Å². The van der Waals surface area contributed by atoms with Crippen molar-refractivity contribution in [2.75, 3.05) is 13.1 Å². The molecule has 0 spiro atoms. The zero-order chi connectivity index (χ0) is 12.3. The Morgan fingerprint density at radius 1 is 1.29 bits per heavy atom. The second-order valence-corrected chi connectivity index (χ2v) is 5.25. The highest BCUT2D eigenvalue weighted by Gasteiger charge is 2.28. The smallest absolute Gasteiger partial charge is 0.115 e. The molecule has 3 nitrogen and oxygen atoms in total. The van der Waals surface area contributed by atoms with Gasteiger partial charge in [0.25, 0.3) is 0 Å². The van der Waals surface area contributed by atoms with Crippen LogP contribution < -0.4 is 5.73 Å². The van der Waals surface area contributed by atoms with E-state index >= 15 is 0 Å². The number of phenols is 1. The minimum absolute atomic E-state index is 0.311. The molecule has 0 amide bonds. The van der Waals surface area contributed by atoms with Gasteiger partial charge in [-0.1, -0.05) is 18.6 Å². The summed E-state index contributed by atoms with van der Waals surface area (Å²) in [6.45, 7) is 4.26. The van der Waals surface area contributed by atoms with E-state index in [0.29, 0.717) is 5.75 Å². The van der Waals surface area contributed by atoms with Crippen molar-refractivity contribution in [1.29, 1.82) is 0 Å². The van der Waals surface area contributed by atoms with Crippen molar-refractivity contribution in [2.24, 2.45) is 5.73 Å². The van der Waals surface area contributed by atoms with Crippen LogP contribution in [-0.2, 0) is 6.42 Å². The van der Waals surface area contributed by atoms with Gasteiger partial charge in [0, 0.05) is 6.42 Å². The number of hydrogen-bond donors (Lipinski definition) is 2. The van der Waals surface area contributed by atoms with Crippen LogP contribution in [0.2, 0.25) is 0 Å². The number of phenolic OH excluding ortho intramolecular Hbond substituents is 1. The van der Waals surface area contributed by atoms with Gasteiger partial charge in [-0.05, 0) is 50.6 Å². The van der Waals surface area contributed by atoms with Crippen molar-refractivity contribution in [2.45, 2.75) is 38.3 Å². The highest BCUT2D eigenvalue weighted by atomic mass is 16.3. The van der Waals surface area contributed by atoms with Crippen molar-refractivity contribution in [3.05, 3.63) is 29.8 Å². The van der Waals surface area contributed by atoms with E-state index in [1.165, 1.54) is 19.3 Å². The molecular weight excluding hydrogens is 212 g/mol. The zero-order valence-electron chi connectivity index (χ0n) is 10.5. The fraction of sp³-hybridized carbons (Fsp3) is 0.571. The van der Waals surface area contributed by atoms with Crippen LogP contribution in [0.1, 0.15) is 31.7 Å². The molecule has 0 aromatic heterocycles. The first-order valence-electron chi connectivity index (χ1n) is 6.40. The molecule has 1 heterocycles. The van der Waals surface area contributed by atoms with Gasteiger partial charge < -0.3 is 10.8 Å². The molecule has 1 aromatic carbocycles. The quantitative estimate of drug-likeness (QED) is 0.842. The van der Waals surface area contributed by atoms with Gasteiger partial charge in [0.1, 0.15) is 5.75 Å². The number of likely N-dealkylation sites (tertiary alicyclic amines) is 1. The maximum atomic E-state index is 9.47. The van der Waals surface area contributed by atoms with Gasteiger partial charge in [-0.25, -0.2) is 0 Å². The molecule has 3 N–H and O–H groups in total. The van der Waals surface area contributed by atoms with Gasteiger partial charge in [0.05, 0.1) is 5.66 Å². The molecule has 2 rings (SSSR count). The third-order valence-electron chi connectivity index (χ3n) is 3.55. The predicted molar refractivity (Wildman–Crippen MR) is 69.8 cm³/mol. The largest absolute Gasteiger partial charge is 0.508 e. The zero-order valence-corrected chi connectivity index (χ0v) is 10.5. The summed E-state index contributed by atoms with van der Waals surface area (Å²) in [7, 11) is 0. The topological polar surface area (TPSA) is 49.5 Å². The average Bonchev–Trinajstić information content (AvgIpc) is 2.29. The minimum atomic E-state index is -0.311. The van der Waals surface area contributed by atoms with E-state index in [-0.39, 0.29) is 5.66 Å². The van der Waals surface area contributed by atoms with E-state index in [9.17, 15) is 5.11 Å². The molecule has 0 saturated carbocycles. The normalized spacial score (nSPS) is 21.1. The number of rotatable bonds is 3. The molecule has 3 heteroatoms. The van der Waals surface area contributed by atoms with Crippen molar-refractivity contribution in [3.8, 4) is 5.75 Å². The maximum Gasteiger partial charge on any atom is 0.115 e. The lowest BCUT2D eigenvalue weighted by atomic mass is 9.97. The average molecular weight is 234 g/mol. The molecule has 0 bridgehead atoms. The van der Waals surface area contributed by atoms with Crippen LogP contribution in [0, 0.1) is 0 Å². The Labute approximate surface area is 103 Å². The van der Waals surface area contributed by atoms with E-state index in [1.54, 1.807) is 12.1 Å². The molecule has 1 saturated heterocycles. The van der Waals surface area contributed by atoms with Crippen LogP contribution >= 0.6 is 0 Å². The van der Waals surface area contributed by atoms with Crippen molar-refractivity contribution in [3.63, 3.8) is 0 Å². The second-order valence-electron chi connectivity index (χ2n) is 5.25. The third-order valence-corrected chi connectivity index (χ3v) is 3.55. The fourth-order valence-corrected chi connectivity index (χ4v) is 2.60. The summed E-state index contributed by atoms with van der Waals surface area (Å²) in [5.74, 6) is 0.317. The number of hydrogen-bond acceptors (Lipinski definition) is 3. The van der Waals surface area contributed by atoms with Crippen molar-refractivity contribution in [1.82, 2.24) is 4.90 Å². The first kappa shape index (κ1) is 12.4. The summed E-state index contributed by atoms with van der Waals surface area (Å²) < 4.78 is 0. The lowest BCUT2D eigenvalue weighted by molar-refractivity contribution is 0.0856. The summed E-state index contributed by atoms with van der Waals surface area (Å²) in [6.07, 6.45) is 4.58. The summed E-state index contributed by atoms with van der Waals surface area (Å²) in [5, 5.41) is 9.47. The summed E-state index contributed by atoms with van der Waals surface area (Å²) >= 11 is 0. The molecule has 94 valence electrons. The monoisotopic (exact) mass is 234 g/mol. The Balaban J connectivity index is 2.05. The molecule has 17 heavy (non-hydrogen) atoms. The molecule has 1 atom stereocenters. The highest BCUT2D eigenvalue weighted by Crippen LogP contribution is 2.22. The minimum Gasteiger partial charge on any atom is -0.508 e. The van der Waals surface area contributed by atoms with E-state index < -0.39 is 0 Å². The Morgan fingerprint density at radius 2 is 2.00 bits per heavy atom. The Bertz CT molecular complexity index is 370. The fourth-order valence-electron chi connectivity index (χ4n) is 2.60. The lowest BCUT2D eigenvalue weighted by Crippen LogP contribution is -2.56. The van der Waals surface area contributed by atoms with E-state index in [0.717, 1.165) is 25.1 Å².